The van der Waals surface area contributed by atoms with Crippen molar-refractivity contribution in [1.82, 2.24) is 9.97 Å². The average molecular weight is 345 g/mol. The van der Waals surface area contributed by atoms with Crippen LogP contribution in [0.3, 0.4) is 0 Å². The maximum Gasteiger partial charge on any atom is 0.344 e. The molecule has 0 saturated carbocycles. The number of benzene rings is 2. The van der Waals surface area contributed by atoms with Crippen LogP contribution in [-0.4, -0.2) is 29.2 Å². The number of aromatic amines is 1. The third-order valence-electron chi connectivity index (χ3n) is 3.49. The van der Waals surface area contributed by atoms with Gasteiger partial charge in [-0.2, -0.15) is 0 Å². The molecule has 2 aromatic carbocycles. The van der Waals surface area contributed by atoms with E-state index in [1.54, 1.807) is 19.1 Å². The minimum absolute atomic E-state index is 0.170. The van der Waals surface area contributed by atoms with E-state index in [9.17, 15) is 4.79 Å². The first kappa shape index (κ1) is 16.3. The molecule has 0 spiro atoms. The fourth-order valence-electron chi connectivity index (χ4n) is 2.36. The number of carbonyl (C=O) groups is 1. The molecular formula is C18H17ClN2O3. The van der Waals surface area contributed by atoms with E-state index in [1.165, 1.54) is 5.56 Å². The Morgan fingerprint density at radius 1 is 1.25 bits per heavy atom. The van der Waals surface area contributed by atoms with Crippen LogP contribution in [-0.2, 0) is 9.53 Å². The zero-order valence-corrected chi connectivity index (χ0v) is 14.2. The number of rotatable bonds is 5. The number of hydrogen-bond donors (Lipinski definition) is 1. The number of halogens is 1. The zero-order chi connectivity index (χ0) is 17.1. The molecule has 3 rings (SSSR count). The second-order valence-electron chi connectivity index (χ2n) is 5.34. The van der Waals surface area contributed by atoms with Crippen molar-refractivity contribution in [2.45, 2.75) is 13.8 Å². The van der Waals surface area contributed by atoms with Crippen molar-refractivity contribution in [2.24, 2.45) is 0 Å². The third kappa shape index (κ3) is 3.51. The summed E-state index contributed by atoms with van der Waals surface area (Å²) in [5.41, 5.74) is 3.88. The predicted octanol–water partition coefficient (Wildman–Crippen LogP) is 4.13. The van der Waals surface area contributed by atoms with Crippen LogP contribution in [0.15, 0.2) is 36.4 Å². The number of esters is 1. The summed E-state index contributed by atoms with van der Waals surface area (Å²) < 4.78 is 10.2. The first-order valence-corrected chi connectivity index (χ1v) is 7.99. The summed E-state index contributed by atoms with van der Waals surface area (Å²) in [5.74, 6) is 0.736. The lowest BCUT2D eigenvalue weighted by molar-refractivity contribution is -0.145. The Bertz CT molecular complexity index is 889. The summed E-state index contributed by atoms with van der Waals surface area (Å²) >= 11 is 6.24. The Morgan fingerprint density at radius 3 is 2.83 bits per heavy atom. The Hall–Kier alpha value is -2.53. The largest absolute Gasteiger partial charge is 0.480 e. The first-order chi connectivity index (χ1) is 11.6. The van der Waals surface area contributed by atoms with Crippen LogP contribution in [0, 0.1) is 6.92 Å². The molecule has 0 aliphatic rings. The maximum absolute atomic E-state index is 11.3. The van der Waals surface area contributed by atoms with E-state index in [-0.39, 0.29) is 6.61 Å². The number of ether oxygens (including phenoxy) is 2. The standard InChI is InChI=1S/C18H17ClN2O3/c1-3-23-17(22)10-24-16-7-5-12(9-13(16)19)18-20-14-6-4-11(2)8-15(14)21-18/h4-9H,3,10H2,1-2H3,(H,20,21). The molecule has 5 nitrogen and oxygen atoms in total. The van der Waals surface area contributed by atoms with Gasteiger partial charge in [0, 0.05) is 5.56 Å². The molecule has 0 saturated heterocycles. The molecular weight excluding hydrogens is 328 g/mol. The van der Waals surface area contributed by atoms with Crippen LogP contribution in [0.2, 0.25) is 5.02 Å². The smallest absolute Gasteiger partial charge is 0.344 e. The number of hydrogen-bond acceptors (Lipinski definition) is 4. The van der Waals surface area contributed by atoms with Gasteiger partial charge in [0.25, 0.3) is 0 Å². The second kappa shape index (κ2) is 6.93. The average Bonchev–Trinajstić information content (AvgIpc) is 2.97. The van der Waals surface area contributed by atoms with Crippen molar-refractivity contribution in [3.8, 4) is 17.1 Å². The Balaban J connectivity index is 1.81. The summed E-state index contributed by atoms with van der Waals surface area (Å²) in [7, 11) is 0. The van der Waals surface area contributed by atoms with E-state index >= 15 is 0 Å². The third-order valence-corrected chi connectivity index (χ3v) is 3.79. The van der Waals surface area contributed by atoms with Crippen molar-refractivity contribution in [3.63, 3.8) is 0 Å². The highest BCUT2D eigenvalue weighted by Gasteiger charge is 2.10. The minimum Gasteiger partial charge on any atom is -0.480 e. The van der Waals surface area contributed by atoms with Gasteiger partial charge in [-0.1, -0.05) is 17.7 Å². The van der Waals surface area contributed by atoms with Gasteiger partial charge in [0.15, 0.2) is 6.61 Å². The lowest BCUT2D eigenvalue weighted by atomic mass is 10.2. The second-order valence-corrected chi connectivity index (χ2v) is 5.75. The number of nitrogens with one attached hydrogen (secondary N) is 1. The minimum atomic E-state index is -0.426. The number of imidazole rings is 1. The number of aryl methyl sites for hydroxylation is 1. The first-order valence-electron chi connectivity index (χ1n) is 7.61. The number of aromatic nitrogens is 2. The maximum atomic E-state index is 11.3. The number of fused-ring (bicyclic) bond motifs is 1. The quantitative estimate of drug-likeness (QED) is 0.707. The molecule has 3 aromatic rings. The van der Waals surface area contributed by atoms with E-state index < -0.39 is 5.97 Å². The van der Waals surface area contributed by atoms with Crippen LogP contribution < -0.4 is 4.74 Å². The van der Waals surface area contributed by atoms with Crippen molar-refractivity contribution in [2.75, 3.05) is 13.2 Å². The van der Waals surface area contributed by atoms with Gasteiger partial charge in [-0.25, -0.2) is 9.78 Å². The number of nitrogens with zero attached hydrogens (tertiary/aromatic N) is 1. The van der Waals surface area contributed by atoms with E-state index in [2.05, 4.69) is 9.97 Å². The summed E-state index contributed by atoms with van der Waals surface area (Å²) in [5, 5.41) is 0.411. The fourth-order valence-corrected chi connectivity index (χ4v) is 2.60. The summed E-state index contributed by atoms with van der Waals surface area (Å²) in [6.07, 6.45) is 0. The molecule has 0 unspecified atom stereocenters. The lowest BCUT2D eigenvalue weighted by Gasteiger charge is -2.08. The highest BCUT2D eigenvalue weighted by atomic mass is 35.5. The molecule has 24 heavy (non-hydrogen) atoms. The SMILES string of the molecule is CCOC(=O)COc1ccc(-c2nc3ccc(C)cc3[nH]2)cc1Cl. The molecule has 0 aliphatic carbocycles. The monoisotopic (exact) mass is 344 g/mol. The van der Waals surface area contributed by atoms with Gasteiger partial charge in [-0.05, 0) is 49.7 Å². The molecule has 6 heteroatoms. The summed E-state index contributed by atoms with van der Waals surface area (Å²) in [4.78, 5) is 19.2. The van der Waals surface area contributed by atoms with Gasteiger partial charge in [-0.3, -0.25) is 0 Å². The van der Waals surface area contributed by atoms with Crippen LogP contribution in [0.1, 0.15) is 12.5 Å². The van der Waals surface area contributed by atoms with Crippen LogP contribution in [0.5, 0.6) is 5.75 Å². The molecule has 1 aromatic heterocycles. The van der Waals surface area contributed by atoms with Crippen molar-refractivity contribution < 1.29 is 14.3 Å². The van der Waals surface area contributed by atoms with Gasteiger partial charge < -0.3 is 14.5 Å². The van der Waals surface area contributed by atoms with Crippen molar-refractivity contribution >= 4 is 28.6 Å². The van der Waals surface area contributed by atoms with E-state index in [0.29, 0.717) is 17.4 Å². The Labute approximate surface area is 144 Å². The molecule has 0 radical (unpaired) electrons. The van der Waals surface area contributed by atoms with Gasteiger partial charge in [0.05, 0.1) is 22.7 Å². The van der Waals surface area contributed by atoms with Gasteiger partial charge >= 0.3 is 5.97 Å². The normalized spacial score (nSPS) is 10.8. The molecule has 1 heterocycles. The van der Waals surface area contributed by atoms with Gasteiger partial charge in [0.1, 0.15) is 11.6 Å². The van der Waals surface area contributed by atoms with E-state index in [4.69, 9.17) is 21.1 Å². The lowest BCUT2D eigenvalue weighted by Crippen LogP contribution is -2.14. The highest BCUT2D eigenvalue weighted by Crippen LogP contribution is 2.30. The predicted molar refractivity (Wildman–Crippen MR) is 93.4 cm³/mol. The Morgan fingerprint density at radius 2 is 2.08 bits per heavy atom. The van der Waals surface area contributed by atoms with E-state index in [0.717, 1.165) is 22.4 Å². The molecule has 0 bridgehead atoms. The van der Waals surface area contributed by atoms with Crippen molar-refractivity contribution in [3.05, 3.63) is 47.0 Å². The molecule has 0 fully saturated rings. The van der Waals surface area contributed by atoms with Crippen molar-refractivity contribution in [1.29, 1.82) is 0 Å². The topological polar surface area (TPSA) is 64.2 Å². The fraction of sp³-hybridized carbons (Fsp3) is 0.222. The van der Waals surface area contributed by atoms with Gasteiger partial charge in [0.2, 0.25) is 0 Å². The van der Waals surface area contributed by atoms with Gasteiger partial charge in [-0.15, -0.1) is 0 Å². The van der Waals surface area contributed by atoms with E-state index in [1.807, 2.05) is 31.2 Å². The number of H-pyrrole nitrogens is 1. The highest BCUT2D eigenvalue weighted by molar-refractivity contribution is 6.32. The molecule has 0 aliphatic heterocycles. The molecule has 124 valence electrons. The van der Waals surface area contributed by atoms with Crippen LogP contribution in [0.25, 0.3) is 22.4 Å². The Kier molecular flexibility index (Phi) is 4.71. The summed E-state index contributed by atoms with van der Waals surface area (Å²) in [6, 6.07) is 11.4. The van der Waals surface area contributed by atoms with Crippen LogP contribution in [0.4, 0.5) is 0 Å². The van der Waals surface area contributed by atoms with Crippen LogP contribution >= 0.6 is 11.6 Å². The zero-order valence-electron chi connectivity index (χ0n) is 13.4. The molecule has 0 amide bonds. The number of carbonyl (C=O) groups excluding carboxylic acids is 1. The molecule has 1 N–H and O–H groups in total. The summed E-state index contributed by atoms with van der Waals surface area (Å²) in [6.45, 7) is 3.93. The molecule has 0 atom stereocenters.